The first-order valence-corrected chi connectivity index (χ1v) is 13.9. The Kier molecular flexibility index (Phi) is 8.68. The van der Waals surface area contributed by atoms with E-state index in [4.69, 9.17) is 4.74 Å². The van der Waals surface area contributed by atoms with Crippen LogP contribution in [0.4, 0.5) is 33.5 Å². The number of anilines is 2. The van der Waals surface area contributed by atoms with Crippen molar-refractivity contribution in [3.05, 3.63) is 47.7 Å². The average Bonchev–Trinajstić information content (AvgIpc) is 3.30. The van der Waals surface area contributed by atoms with E-state index < -0.39 is 35.5 Å². The van der Waals surface area contributed by atoms with Gasteiger partial charge in [-0.2, -0.15) is 28.4 Å². The number of rotatable bonds is 7. The molecule has 0 N–H and O–H groups in total. The van der Waals surface area contributed by atoms with Crippen molar-refractivity contribution < 1.29 is 31.5 Å². The van der Waals surface area contributed by atoms with Crippen LogP contribution in [0.2, 0.25) is 0 Å². The van der Waals surface area contributed by atoms with Gasteiger partial charge in [0, 0.05) is 44.3 Å². The summed E-state index contributed by atoms with van der Waals surface area (Å²) in [5, 5.41) is 9.41. The van der Waals surface area contributed by atoms with Gasteiger partial charge in [0.15, 0.2) is 5.82 Å². The first kappa shape index (κ1) is 30.4. The molecule has 3 aliphatic heterocycles. The molecule has 15 heteroatoms. The molecule has 0 bridgehead atoms. The molecular formula is C28H31F5N8O2. The third-order valence-corrected chi connectivity index (χ3v) is 8.14. The highest BCUT2D eigenvalue weighted by Crippen LogP contribution is 2.40. The monoisotopic (exact) mass is 606 g/mol. The number of likely N-dealkylation sites (N-methyl/N-ethyl adjacent to an activating group) is 1. The number of nitrogens with zero attached hydrogens (tertiary/aromatic N) is 8. The van der Waals surface area contributed by atoms with E-state index in [0.717, 1.165) is 6.20 Å². The molecule has 0 spiro atoms. The van der Waals surface area contributed by atoms with Crippen molar-refractivity contribution >= 4 is 17.4 Å². The maximum absolute atomic E-state index is 14.3. The fraction of sp³-hybridized carbons (Fsp3) is 0.536. The average molecular weight is 607 g/mol. The Balaban J connectivity index is 1.49. The Bertz CT molecular complexity index is 1420. The molecule has 230 valence electrons. The van der Waals surface area contributed by atoms with E-state index in [-0.39, 0.29) is 70.0 Å². The van der Waals surface area contributed by atoms with Gasteiger partial charge in [-0.1, -0.05) is 6.58 Å². The Morgan fingerprint density at radius 2 is 1.98 bits per heavy atom. The van der Waals surface area contributed by atoms with Gasteiger partial charge in [0.2, 0.25) is 5.91 Å². The summed E-state index contributed by atoms with van der Waals surface area (Å²) in [6, 6.07) is 1.43. The van der Waals surface area contributed by atoms with Gasteiger partial charge < -0.3 is 19.4 Å². The number of amides is 1. The van der Waals surface area contributed by atoms with E-state index in [9.17, 15) is 32.0 Å². The number of aromatic nitrogens is 3. The number of ether oxygens (including phenoxy) is 1. The Morgan fingerprint density at radius 1 is 1.19 bits per heavy atom. The predicted octanol–water partition coefficient (Wildman–Crippen LogP) is 3.13. The first-order chi connectivity index (χ1) is 20.5. The summed E-state index contributed by atoms with van der Waals surface area (Å²) in [6.45, 7) is 4.88. The molecule has 2 fully saturated rings. The minimum Gasteiger partial charge on any atom is -0.462 e. The maximum Gasteiger partial charge on any atom is 0.421 e. The van der Waals surface area contributed by atoms with Gasteiger partial charge in [0.05, 0.1) is 48.9 Å². The third-order valence-electron chi connectivity index (χ3n) is 8.14. The number of alkyl halides is 4. The molecule has 5 heterocycles. The van der Waals surface area contributed by atoms with Gasteiger partial charge in [-0.15, -0.1) is 0 Å². The van der Waals surface area contributed by atoms with Gasteiger partial charge in [-0.25, -0.2) is 8.78 Å². The predicted molar refractivity (Wildman–Crippen MR) is 146 cm³/mol. The van der Waals surface area contributed by atoms with Crippen molar-refractivity contribution in [2.24, 2.45) is 0 Å². The quantitative estimate of drug-likeness (QED) is 0.348. The van der Waals surface area contributed by atoms with Crippen LogP contribution in [0, 0.1) is 17.1 Å². The van der Waals surface area contributed by atoms with Crippen molar-refractivity contribution in [2.45, 2.75) is 50.2 Å². The van der Waals surface area contributed by atoms with Crippen molar-refractivity contribution in [1.29, 1.82) is 5.26 Å². The number of carbonyl (C=O) groups excluding carboxylic acids is 1. The van der Waals surface area contributed by atoms with E-state index >= 15 is 0 Å². The van der Waals surface area contributed by atoms with Crippen LogP contribution in [0.5, 0.6) is 6.01 Å². The molecule has 3 aliphatic rings. The second kappa shape index (κ2) is 12.3. The van der Waals surface area contributed by atoms with Gasteiger partial charge in [0.1, 0.15) is 24.2 Å². The van der Waals surface area contributed by atoms with Crippen molar-refractivity contribution in [1.82, 2.24) is 24.8 Å². The summed E-state index contributed by atoms with van der Waals surface area (Å²) in [6.07, 6.45) is -2.60. The van der Waals surface area contributed by atoms with Crippen LogP contribution in [0.3, 0.4) is 0 Å². The molecule has 2 aromatic rings. The van der Waals surface area contributed by atoms with Crippen molar-refractivity contribution in [2.75, 3.05) is 56.2 Å². The van der Waals surface area contributed by atoms with Crippen LogP contribution in [-0.4, -0.2) is 95.3 Å². The summed E-state index contributed by atoms with van der Waals surface area (Å²) >= 11 is 0. The number of hydrogen-bond donors (Lipinski definition) is 0. The molecular weight excluding hydrogens is 575 g/mol. The summed E-state index contributed by atoms with van der Waals surface area (Å²) in [5.74, 6) is -1.27. The molecule has 2 saturated heterocycles. The number of hydrogen-bond acceptors (Lipinski definition) is 9. The Morgan fingerprint density at radius 3 is 2.65 bits per heavy atom. The molecule has 43 heavy (non-hydrogen) atoms. The van der Waals surface area contributed by atoms with Gasteiger partial charge in [0.25, 0.3) is 0 Å². The molecule has 1 amide bonds. The number of pyridine rings is 1. The molecule has 0 radical (unpaired) electrons. The number of likely N-dealkylation sites (tertiary alicyclic amines) is 1. The zero-order valence-corrected chi connectivity index (χ0v) is 23.5. The maximum atomic E-state index is 14.3. The lowest BCUT2D eigenvalue weighted by Crippen LogP contribution is -2.55. The summed E-state index contributed by atoms with van der Waals surface area (Å²) < 4.78 is 75.7. The lowest BCUT2D eigenvalue weighted by molar-refractivity contribution is -0.139. The highest BCUT2D eigenvalue weighted by molar-refractivity contribution is 5.87. The number of carbonyl (C=O) groups is 1. The standard InChI is InChI=1S/C28H31F5N8O2/c1-3-24(42)41-9-8-40(14-18(41)4-6-34)26-20-5-7-39(23-12-35-11-21(30)25(23)28(31,32)33)15-22(20)36-27(37-26)43-16-19-10-17(29)13-38(19)2/h3,11-12,17-19H,1,4-5,7-10,13-16H2,2H3/t17-,18?,19+/m1/s1. The summed E-state index contributed by atoms with van der Waals surface area (Å²) in [7, 11) is 1.79. The number of nitriles is 1. The molecule has 10 nitrogen and oxygen atoms in total. The minimum atomic E-state index is -4.94. The zero-order chi connectivity index (χ0) is 30.9. The Hall–Kier alpha value is -4.06. The molecule has 0 aliphatic carbocycles. The molecule has 0 saturated carbocycles. The van der Waals surface area contributed by atoms with Crippen LogP contribution >= 0.6 is 0 Å². The Labute approximate surface area is 245 Å². The van der Waals surface area contributed by atoms with Crippen LogP contribution in [0.25, 0.3) is 0 Å². The topological polar surface area (TPSA) is 102 Å². The minimum absolute atomic E-state index is 0.0267. The highest BCUT2D eigenvalue weighted by Gasteiger charge is 2.40. The molecule has 0 aromatic carbocycles. The number of piperazine rings is 1. The smallest absolute Gasteiger partial charge is 0.421 e. The number of fused-ring (bicyclic) bond motifs is 1. The summed E-state index contributed by atoms with van der Waals surface area (Å²) in [4.78, 5) is 32.0. The van der Waals surface area contributed by atoms with E-state index in [0.29, 0.717) is 36.4 Å². The van der Waals surface area contributed by atoms with Crippen LogP contribution in [0.15, 0.2) is 25.0 Å². The van der Waals surface area contributed by atoms with Gasteiger partial charge in [-0.05, 0) is 26.0 Å². The van der Waals surface area contributed by atoms with Crippen molar-refractivity contribution in [3.63, 3.8) is 0 Å². The van der Waals surface area contributed by atoms with Crippen LogP contribution in [-0.2, 0) is 23.9 Å². The highest BCUT2D eigenvalue weighted by atomic mass is 19.4. The second-order valence-corrected chi connectivity index (χ2v) is 10.9. The fourth-order valence-corrected chi connectivity index (χ4v) is 5.98. The SMILES string of the molecule is C=CC(=O)N1CCN(c2nc(OC[C@@H]3C[C@@H](F)CN3C)nc3c2CCN(c2cncc(F)c2C(F)(F)F)C3)CC1CC#N. The largest absolute Gasteiger partial charge is 0.462 e. The van der Waals surface area contributed by atoms with Gasteiger partial charge >= 0.3 is 12.2 Å². The van der Waals surface area contributed by atoms with E-state index in [1.807, 2.05) is 9.80 Å². The number of halogens is 5. The lowest BCUT2D eigenvalue weighted by atomic mass is 10.0. The second-order valence-electron chi connectivity index (χ2n) is 10.9. The van der Waals surface area contributed by atoms with E-state index in [1.165, 1.54) is 11.0 Å². The molecule has 2 aromatic heterocycles. The van der Waals surface area contributed by atoms with Gasteiger partial charge in [-0.3, -0.25) is 14.7 Å². The first-order valence-electron chi connectivity index (χ1n) is 13.9. The summed E-state index contributed by atoms with van der Waals surface area (Å²) in [5.41, 5.74) is -0.715. The molecule has 3 atom stereocenters. The van der Waals surface area contributed by atoms with Crippen LogP contribution < -0.4 is 14.5 Å². The normalized spacial score (nSPS) is 22.7. The molecule has 1 unspecified atom stereocenters. The third kappa shape index (κ3) is 6.34. The zero-order valence-electron chi connectivity index (χ0n) is 23.5. The van der Waals surface area contributed by atoms with E-state index in [2.05, 4.69) is 27.6 Å². The van der Waals surface area contributed by atoms with Crippen molar-refractivity contribution in [3.8, 4) is 12.1 Å². The lowest BCUT2D eigenvalue weighted by Gasteiger charge is -2.42. The fourth-order valence-electron chi connectivity index (χ4n) is 5.98. The van der Waals surface area contributed by atoms with Crippen LogP contribution in [0.1, 0.15) is 29.7 Å². The molecule has 5 rings (SSSR count). The van der Waals surface area contributed by atoms with E-state index in [1.54, 1.807) is 11.9 Å².